The van der Waals surface area contributed by atoms with Gasteiger partial charge in [-0.1, -0.05) is 19.9 Å². The van der Waals surface area contributed by atoms with Crippen molar-refractivity contribution in [1.82, 2.24) is 20.2 Å². The van der Waals surface area contributed by atoms with E-state index >= 15 is 0 Å². The predicted molar refractivity (Wildman–Crippen MR) is 81.9 cm³/mol. The number of aromatic nitrogens is 4. The van der Waals surface area contributed by atoms with Crippen LogP contribution in [-0.2, 0) is 4.79 Å². The number of carbonyl (C=O) groups excluding carboxylic acids is 1. The third kappa shape index (κ3) is 2.52. The van der Waals surface area contributed by atoms with E-state index in [0.29, 0.717) is 17.2 Å². The van der Waals surface area contributed by atoms with Gasteiger partial charge < -0.3 is 10.3 Å². The summed E-state index contributed by atoms with van der Waals surface area (Å²) in [5.74, 6) is 0.517. The van der Waals surface area contributed by atoms with Crippen LogP contribution in [0.4, 0.5) is 5.69 Å². The molecule has 0 atom stereocenters. The quantitative estimate of drug-likeness (QED) is 0.690. The van der Waals surface area contributed by atoms with Crippen molar-refractivity contribution in [2.45, 2.75) is 20.8 Å². The molecular formula is C15H17N5O. The zero-order valence-corrected chi connectivity index (χ0v) is 12.2. The van der Waals surface area contributed by atoms with Gasteiger partial charge in [0.1, 0.15) is 5.69 Å². The molecular weight excluding hydrogens is 266 g/mol. The second kappa shape index (κ2) is 5.05. The smallest absolute Gasteiger partial charge is 0.227 e. The van der Waals surface area contributed by atoms with Crippen molar-refractivity contribution in [2.24, 2.45) is 5.92 Å². The van der Waals surface area contributed by atoms with Crippen molar-refractivity contribution in [3.05, 3.63) is 30.0 Å². The van der Waals surface area contributed by atoms with Crippen LogP contribution in [0, 0.1) is 12.8 Å². The van der Waals surface area contributed by atoms with Crippen LogP contribution in [0.1, 0.15) is 19.4 Å². The van der Waals surface area contributed by atoms with Gasteiger partial charge in [0.2, 0.25) is 5.91 Å². The molecule has 0 spiro atoms. The number of carbonyl (C=O) groups is 1. The first-order valence-corrected chi connectivity index (χ1v) is 6.85. The fourth-order valence-electron chi connectivity index (χ4n) is 2.08. The summed E-state index contributed by atoms with van der Waals surface area (Å²) in [4.78, 5) is 19.6. The van der Waals surface area contributed by atoms with Crippen molar-refractivity contribution < 1.29 is 4.79 Å². The average molecular weight is 283 g/mol. The number of imidazole rings is 1. The highest BCUT2D eigenvalue weighted by molar-refractivity contribution is 5.95. The molecule has 3 rings (SSSR count). The summed E-state index contributed by atoms with van der Waals surface area (Å²) < 4.78 is 0. The van der Waals surface area contributed by atoms with E-state index in [9.17, 15) is 4.79 Å². The molecule has 0 aliphatic rings. The van der Waals surface area contributed by atoms with E-state index in [0.717, 1.165) is 16.6 Å². The molecule has 1 amide bonds. The number of hydrogen-bond acceptors (Lipinski definition) is 3. The lowest BCUT2D eigenvalue weighted by Crippen LogP contribution is -2.17. The zero-order valence-electron chi connectivity index (χ0n) is 12.2. The van der Waals surface area contributed by atoms with Crippen molar-refractivity contribution in [3.63, 3.8) is 0 Å². The van der Waals surface area contributed by atoms with Gasteiger partial charge in [-0.25, -0.2) is 4.98 Å². The van der Waals surface area contributed by atoms with Gasteiger partial charge in [-0.05, 0) is 24.6 Å². The zero-order chi connectivity index (χ0) is 15.0. The maximum absolute atomic E-state index is 11.8. The fourth-order valence-corrected chi connectivity index (χ4v) is 2.08. The van der Waals surface area contributed by atoms with E-state index in [2.05, 4.69) is 25.5 Å². The Morgan fingerprint density at radius 2 is 2.14 bits per heavy atom. The van der Waals surface area contributed by atoms with Gasteiger partial charge in [0.15, 0.2) is 5.82 Å². The van der Waals surface area contributed by atoms with E-state index in [4.69, 9.17) is 0 Å². The Morgan fingerprint density at radius 3 is 2.90 bits per heavy atom. The fraction of sp³-hybridized carbons (Fsp3) is 0.267. The molecule has 0 fully saturated rings. The Balaban J connectivity index is 1.99. The van der Waals surface area contributed by atoms with Crippen molar-refractivity contribution >= 4 is 22.6 Å². The van der Waals surface area contributed by atoms with Gasteiger partial charge in [0.05, 0.1) is 22.9 Å². The van der Waals surface area contributed by atoms with E-state index in [1.54, 1.807) is 6.20 Å². The van der Waals surface area contributed by atoms with Gasteiger partial charge in [0, 0.05) is 5.92 Å². The number of amides is 1. The minimum atomic E-state index is -0.0916. The second-order valence-electron chi connectivity index (χ2n) is 5.41. The summed E-state index contributed by atoms with van der Waals surface area (Å²) >= 11 is 0. The minimum absolute atomic E-state index is 0.0513. The maximum Gasteiger partial charge on any atom is 0.227 e. The molecule has 0 saturated carbocycles. The average Bonchev–Trinajstić information content (AvgIpc) is 3.03. The van der Waals surface area contributed by atoms with Crippen LogP contribution < -0.4 is 5.32 Å². The number of aromatic amines is 2. The molecule has 0 aliphatic heterocycles. The number of fused-ring (bicyclic) bond motifs is 1. The maximum atomic E-state index is 11.8. The molecule has 0 radical (unpaired) electrons. The Hall–Kier alpha value is -2.63. The summed E-state index contributed by atoms with van der Waals surface area (Å²) in [5, 5.41) is 9.73. The number of H-pyrrole nitrogens is 2. The number of hydrogen-bond donors (Lipinski definition) is 3. The van der Waals surface area contributed by atoms with Gasteiger partial charge in [-0.2, -0.15) is 5.10 Å². The number of nitrogens with zero attached hydrogens (tertiary/aromatic N) is 2. The lowest BCUT2D eigenvalue weighted by Gasteiger charge is -2.06. The lowest BCUT2D eigenvalue weighted by molar-refractivity contribution is -0.118. The monoisotopic (exact) mass is 283 g/mol. The van der Waals surface area contributed by atoms with Crippen molar-refractivity contribution in [1.29, 1.82) is 0 Å². The first kappa shape index (κ1) is 13.4. The number of rotatable bonds is 3. The van der Waals surface area contributed by atoms with Crippen LogP contribution in [-0.4, -0.2) is 26.1 Å². The van der Waals surface area contributed by atoms with Crippen LogP contribution in [0.15, 0.2) is 24.4 Å². The van der Waals surface area contributed by atoms with Gasteiger partial charge in [-0.15, -0.1) is 0 Å². The standard InChI is InChI=1S/C15H17N5O/c1-8(2)15(21)19-12-7-16-20-13(12)14-17-10-5-4-9(3)6-11(10)18-14/h4-8H,1-3H3,(H,16,20)(H,17,18)(H,19,21). The highest BCUT2D eigenvalue weighted by Crippen LogP contribution is 2.25. The molecule has 108 valence electrons. The normalized spacial score (nSPS) is 11.2. The number of benzene rings is 1. The Labute approximate surface area is 122 Å². The summed E-state index contributed by atoms with van der Waals surface area (Å²) in [6, 6.07) is 6.02. The minimum Gasteiger partial charge on any atom is -0.337 e. The first-order chi connectivity index (χ1) is 10.0. The van der Waals surface area contributed by atoms with E-state index in [1.807, 2.05) is 39.0 Å². The van der Waals surface area contributed by atoms with Crippen LogP contribution in [0.5, 0.6) is 0 Å². The van der Waals surface area contributed by atoms with Crippen LogP contribution in [0.3, 0.4) is 0 Å². The van der Waals surface area contributed by atoms with Gasteiger partial charge in [-0.3, -0.25) is 9.89 Å². The molecule has 0 aliphatic carbocycles. The van der Waals surface area contributed by atoms with Gasteiger partial charge in [0.25, 0.3) is 0 Å². The topological polar surface area (TPSA) is 86.5 Å². The van der Waals surface area contributed by atoms with Crippen LogP contribution in [0.25, 0.3) is 22.6 Å². The summed E-state index contributed by atoms with van der Waals surface area (Å²) in [6.07, 6.45) is 1.59. The van der Waals surface area contributed by atoms with E-state index in [-0.39, 0.29) is 11.8 Å². The molecule has 1 aromatic carbocycles. The highest BCUT2D eigenvalue weighted by Gasteiger charge is 2.15. The Morgan fingerprint density at radius 1 is 1.33 bits per heavy atom. The number of nitrogens with one attached hydrogen (secondary N) is 3. The van der Waals surface area contributed by atoms with Gasteiger partial charge >= 0.3 is 0 Å². The molecule has 0 unspecified atom stereocenters. The third-order valence-corrected chi connectivity index (χ3v) is 3.30. The predicted octanol–water partition coefficient (Wildman–Crippen LogP) is 2.86. The Bertz CT molecular complexity index is 799. The molecule has 6 nitrogen and oxygen atoms in total. The number of anilines is 1. The molecule has 2 aromatic heterocycles. The molecule has 0 bridgehead atoms. The molecule has 6 heteroatoms. The van der Waals surface area contributed by atoms with E-state index in [1.165, 1.54) is 0 Å². The SMILES string of the molecule is Cc1ccc2nc(-c3[nH]ncc3NC(=O)C(C)C)[nH]c2c1. The molecule has 3 aromatic rings. The lowest BCUT2D eigenvalue weighted by atomic mass is 10.2. The van der Waals surface area contributed by atoms with Crippen LogP contribution in [0.2, 0.25) is 0 Å². The first-order valence-electron chi connectivity index (χ1n) is 6.85. The summed E-state index contributed by atoms with van der Waals surface area (Å²) in [6.45, 7) is 5.72. The Kier molecular flexibility index (Phi) is 3.21. The third-order valence-electron chi connectivity index (χ3n) is 3.30. The van der Waals surface area contributed by atoms with Crippen molar-refractivity contribution in [2.75, 3.05) is 5.32 Å². The summed E-state index contributed by atoms with van der Waals surface area (Å²) in [7, 11) is 0. The highest BCUT2D eigenvalue weighted by atomic mass is 16.1. The number of aryl methyl sites for hydroxylation is 1. The van der Waals surface area contributed by atoms with E-state index < -0.39 is 0 Å². The largest absolute Gasteiger partial charge is 0.337 e. The second-order valence-corrected chi connectivity index (χ2v) is 5.41. The molecule has 21 heavy (non-hydrogen) atoms. The molecule has 3 N–H and O–H groups in total. The van der Waals surface area contributed by atoms with Crippen molar-refractivity contribution in [3.8, 4) is 11.5 Å². The van der Waals surface area contributed by atoms with Crippen LogP contribution >= 0.6 is 0 Å². The molecule has 2 heterocycles. The molecule has 0 saturated heterocycles. The summed E-state index contributed by atoms with van der Waals surface area (Å²) in [5.41, 5.74) is 4.31.